The Morgan fingerprint density at radius 1 is 1.29 bits per heavy atom. The van der Waals surface area contributed by atoms with E-state index in [2.05, 4.69) is 4.98 Å². The summed E-state index contributed by atoms with van der Waals surface area (Å²) in [5.41, 5.74) is 1.45. The number of ketones is 1. The molecule has 3 rings (SSSR count). The molecule has 0 N–H and O–H groups in total. The van der Waals surface area contributed by atoms with Crippen molar-refractivity contribution in [3.63, 3.8) is 0 Å². The van der Waals surface area contributed by atoms with Crippen molar-refractivity contribution in [3.05, 3.63) is 48.0 Å². The molecule has 0 aliphatic carbocycles. The molecule has 0 unspecified atom stereocenters. The number of rotatable bonds is 3. The molecule has 1 aliphatic heterocycles. The van der Waals surface area contributed by atoms with E-state index in [0.29, 0.717) is 30.8 Å². The van der Waals surface area contributed by atoms with Crippen LogP contribution in [0.1, 0.15) is 35.6 Å². The summed E-state index contributed by atoms with van der Waals surface area (Å²) in [6.07, 6.45) is 3.84. The van der Waals surface area contributed by atoms with E-state index < -0.39 is 6.55 Å². The van der Waals surface area contributed by atoms with Crippen LogP contribution in [0.5, 0.6) is 0 Å². The Hall–Kier alpha value is -2.24. The minimum absolute atomic E-state index is 0.102. The maximum Gasteiger partial charge on any atom is 0.319 e. The molecule has 0 saturated heterocycles. The van der Waals surface area contributed by atoms with Crippen LogP contribution in [0.2, 0.25) is 0 Å². The molecule has 0 amide bonds. The van der Waals surface area contributed by atoms with Gasteiger partial charge in [-0.05, 0) is 18.6 Å². The number of Topliss-reactive ketones (excluding diaryl/α,β-unsaturated/α-hetero) is 1. The lowest BCUT2D eigenvalue weighted by molar-refractivity contribution is 0.0669. The van der Waals surface area contributed by atoms with Gasteiger partial charge in [-0.2, -0.15) is 8.78 Å². The van der Waals surface area contributed by atoms with E-state index in [9.17, 15) is 13.6 Å². The van der Waals surface area contributed by atoms with Gasteiger partial charge in [0, 0.05) is 36.6 Å². The monoisotopic (exact) mass is 291 g/mol. The second kappa shape index (κ2) is 5.63. The summed E-state index contributed by atoms with van der Waals surface area (Å²) < 4.78 is 26.7. The van der Waals surface area contributed by atoms with Crippen molar-refractivity contribution in [3.8, 4) is 0 Å². The number of anilines is 1. The number of halogens is 2. The lowest BCUT2D eigenvalue weighted by atomic mass is 10.1. The fourth-order valence-electron chi connectivity index (χ4n) is 2.65. The highest BCUT2D eigenvalue weighted by atomic mass is 19.3. The number of carbonyl (C=O) groups is 1. The summed E-state index contributed by atoms with van der Waals surface area (Å²) >= 11 is 0. The van der Waals surface area contributed by atoms with Gasteiger partial charge >= 0.3 is 6.55 Å². The van der Waals surface area contributed by atoms with Crippen molar-refractivity contribution in [1.82, 2.24) is 9.55 Å². The molecule has 0 fully saturated rings. The number of aromatic nitrogens is 2. The second-order valence-corrected chi connectivity index (χ2v) is 4.99. The quantitative estimate of drug-likeness (QED) is 0.871. The number of para-hydroxylation sites is 1. The van der Waals surface area contributed by atoms with Crippen molar-refractivity contribution >= 4 is 11.5 Å². The Morgan fingerprint density at radius 3 is 2.90 bits per heavy atom. The van der Waals surface area contributed by atoms with Crippen molar-refractivity contribution in [2.75, 3.05) is 11.4 Å². The second-order valence-electron chi connectivity index (χ2n) is 4.99. The molecular formula is C15H15F2N3O. The van der Waals surface area contributed by atoms with E-state index >= 15 is 0 Å². The van der Waals surface area contributed by atoms with Crippen LogP contribution in [0.15, 0.2) is 36.7 Å². The topological polar surface area (TPSA) is 38.1 Å². The summed E-state index contributed by atoms with van der Waals surface area (Å²) in [7, 11) is 0. The van der Waals surface area contributed by atoms with Gasteiger partial charge in [-0.25, -0.2) is 4.98 Å². The van der Waals surface area contributed by atoms with Crippen molar-refractivity contribution in [2.45, 2.75) is 25.9 Å². The molecule has 0 radical (unpaired) electrons. The van der Waals surface area contributed by atoms with Crippen LogP contribution in [0.25, 0.3) is 0 Å². The predicted octanol–water partition coefficient (Wildman–Crippen LogP) is 3.26. The van der Waals surface area contributed by atoms with E-state index in [1.165, 1.54) is 12.4 Å². The third kappa shape index (κ3) is 2.66. The summed E-state index contributed by atoms with van der Waals surface area (Å²) in [5.74, 6) is 0.402. The molecule has 0 bridgehead atoms. The van der Waals surface area contributed by atoms with Gasteiger partial charge in [-0.3, -0.25) is 9.36 Å². The first-order chi connectivity index (χ1) is 10.2. The maximum absolute atomic E-state index is 12.9. The normalized spacial score (nSPS) is 15.2. The molecule has 21 heavy (non-hydrogen) atoms. The Morgan fingerprint density at radius 2 is 2.10 bits per heavy atom. The van der Waals surface area contributed by atoms with E-state index in [-0.39, 0.29) is 12.3 Å². The van der Waals surface area contributed by atoms with Crippen molar-refractivity contribution in [2.24, 2.45) is 0 Å². The summed E-state index contributed by atoms with van der Waals surface area (Å²) in [4.78, 5) is 18.0. The third-order valence-electron chi connectivity index (χ3n) is 3.67. The Kier molecular flexibility index (Phi) is 3.68. The SMILES string of the molecule is O=C1CCCN(Cc2nccn2C(F)F)c2ccccc21. The average molecular weight is 291 g/mol. The molecular weight excluding hydrogens is 276 g/mol. The van der Waals surface area contributed by atoms with Gasteiger partial charge in [0.25, 0.3) is 0 Å². The van der Waals surface area contributed by atoms with Gasteiger partial charge < -0.3 is 4.90 Å². The third-order valence-corrected chi connectivity index (χ3v) is 3.67. The number of benzene rings is 1. The molecule has 2 aromatic rings. The molecule has 1 aromatic heterocycles. The van der Waals surface area contributed by atoms with Gasteiger partial charge in [0.1, 0.15) is 5.82 Å². The van der Waals surface area contributed by atoms with Crippen LogP contribution in [0.3, 0.4) is 0 Å². The van der Waals surface area contributed by atoms with Crippen LogP contribution >= 0.6 is 0 Å². The first-order valence-electron chi connectivity index (χ1n) is 6.84. The number of imidazole rings is 1. The summed E-state index contributed by atoms with van der Waals surface area (Å²) in [6, 6.07) is 7.31. The number of fused-ring (bicyclic) bond motifs is 1. The fourth-order valence-corrected chi connectivity index (χ4v) is 2.65. The molecule has 0 atom stereocenters. The van der Waals surface area contributed by atoms with E-state index in [1.54, 1.807) is 6.07 Å². The Bertz CT molecular complexity index is 654. The fraction of sp³-hybridized carbons (Fsp3) is 0.333. The largest absolute Gasteiger partial charge is 0.363 e. The van der Waals surface area contributed by atoms with Gasteiger partial charge in [-0.1, -0.05) is 12.1 Å². The first-order valence-corrected chi connectivity index (χ1v) is 6.84. The van der Waals surface area contributed by atoms with E-state index in [4.69, 9.17) is 0 Å². The lowest BCUT2D eigenvalue weighted by Crippen LogP contribution is -2.25. The molecule has 110 valence electrons. The maximum atomic E-state index is 12.9. The number of hydrogen-bond acceptors (Lipinski definition) is 3. The number of alkyl halides is 2. The van der Waals surface area contributed by atoms with Crippen molar-refractivity contribution < 1.29 is 13.6 Å². The molecule has 2 heterocycles. The van der Waals surface area contributed by atoms with Crippen molar-refractivity contribution in [1.29, 1.82) is 0 Å². The average Bonchev–Trinajstić information content (AvgIpc) is 2.88. The molecule has 1 aliphatic rings. The molecule has 1 aromatic carbocycles. The van der Waals surface area contributed by atoms with Gasteiger partial charge in [0.05, 0.1) is 6.54 Å². The minimum atomic E-state index is -2.61. The van der Waals surface area contributed by atoms with Crippen LogP contribution in [-0.4, -0.2) is 21.9 Å². The molecule has 6 heteroatoms. The Balaban J connectivity index is 1.93. The number of nitrogens with zero attached hydrogens (tertiary/aromatic N) is 3. The van der Waals surface area contributed by atoms with Crippen LogP contribution < -0.4 is 4.90 Å². The predicted molar refractivity (Wildman–Crippen MR) is 74.5 cm³/mol. The number of hydrogen-bond donors (Lipinski definition) is 0. The highest BCUT2D eigenvalue weighted by Gasteiger charge is 2.22. The molecule has 0 saturated carbocycles. The van der Waals surface area contributed by atoms with Crippen LogP contribution in [0.4, 0.5) is 14.5 Å². The van der Waals surface area contributed by atoms with Crippen LogP contribution in [0, 0.1) is 0 Å². The highest BCUT2D eigenvalue weighted by Crippen LogP contribution is 2.27. The summed E-state index contributed by atoms with van der Waals surface area (Å²) in [6.45, 7) is -1.69. The zero-order chi connectivity index (χ0) is 14.8. The standard InChI is InChI=1S/C15H15F2N3O/c16-15(17)20-9-7-18-14(20)10-19-8-3-6-13(21)11-4-1-2-5-12(11)19/h1-2,4-5,7,9,15H,3,6,8,10H2. The highest BCUT2D eigenvalue weighted by molar-refractivity contribution is 6.01. The smallest absolute Gasteiger partial charge is 0.319 e. The van der Waals surface area contributed by atoms with E-state index in [0.717, 1.165) is 10.3 Å². The zero-order valence-electron chi connectivity index (χ0n) is 11.4. The zero-order valence-corrected chi connectivity index (χ0v) is 11.4. The van der Waals surface area contributed by atoms with Crippen LogP contribution in [-0.2, 0) is 6.54 Å². The van der Waals surface area contributed by atoms with Gasteiger partial charge in [0.2, 0.25) is 0 Å². The lowest BCUT2D eigenvalue weighted by Gasteiger charge is -2.24. The first kappa shape index (κ1) is 13.7. The minimum Gasteiger partial charge on any atom is -0.363 e. The number of carbonyl (C=O) groups excluding carboxylic acids is 1. The molecule has 0 spiro atoms. The molecule has 4 nitrogen and oxygen atoms in total. The van der Waals surface area contributed by atoms with Gasteiger partial charge in [-0.15, -0.1) is 0 Å². The van der Waals surface area contributed by atoms with Gasteiger partial charge in [0.15, 0.2) is 5.78 Å². The Labute approximate surface area is 121 Å². The van der Waals surface area contributed by atoms with E-state index in [1.807, 2.05) is 23.1 Å². The summed E-state index contributed by atoms with van der Waals surface area (Å²) in [5, 5.41) is 0.